The Bertz CT molecular complexity index is 372. The lowest BCUT2D eigenvalue weighted by atomic mass is 10.1. The van der Waals surface area contributed by atoms with Gasteiger partial charge in [0.05, 0.1) is 12.6 Å². The molecule has 0 fully saturated rings. The third-order valence-electron chi connectivity index (χ3n) is 2.49. The number of carbonyl (C=O) groups is 2. The molecule has 2 amide bonds. The Morgan fingerprint density at radius 2 is 1.48 bits per heavy atom. The molecule has 0 aliphatic rings. The molecule has 0 saturated heterocycles. The summed E-state index contributed by atoms with van der Waals surface area (Å²) in [4.78, 5) is 23.3. The van der Waals surface area contributed by atoms with E-state index in [1.807, 2.05) is 41.5 Å². The summed E-state index contributed by atoms with van der Waals surface area (Å²) in [5, 5.41) is 5.45. The van der Waals surface area contributed by atoms with Crippen LogP contribution in [0.15, 0.2) is 0 Å². The summed E-state index contributed by atoms with van der Waals surface area (Å²) in [5.74, 6) is 0. The highest BCUT2D eigenvalue weighted by Gasteiger charge is 2.20. The fourth-order valence-electron chi connectivity index (χ4n) is 1.73. The van der Waals surface area contributed by atoms with E-state index in [0.717, 1.165) is 0 Å². The van der Waals surface area contributed by atoms with E-state index in [0.29, 0.717) is 26.0 Å². The van der Waals surface area contributed by atoms with Gasteiger partial charge in [-0.15, -0.1) is 0 Å². The van der Waals surface area contributed by atoms with Gasteiger partial charge in [-0.25, -0.2) is 9.59 Å². The van der Waals surface area contributed by atoms with Crippen molar-refractivity contribution in [2.24, 2.45) is 0 Å². The zero-order valence-corrected chi connectivity index (χ0v) is 15.4. The minimum absolute atomic E-state index is 0.171. The van der Waals surface area contributed by atoms with Crippen molar-refractivity contribution < 1.29 is 23.8 Å². The highest BCUT2D eigenvalue weighted by Crippen LogP contribution is 2.08. The molecule has 0 aromatic heterocycles. The lowest BCUT2D eigenvalue weighted by Crippen LogP contribution is -2.42. The van der Waals surface area contributed by atoms with E-state index < -0.39 is 23.4 Å². The summed E-state index contributed by atoms with van der Waals surface area (Å²) < 4.78 is 15.5. The second-order valence-electron chi connectivity index (χ2n) is 7.37. The molecule has 136 valence electrons. The first kappa shape index (κ1) is 21.5. The lowest BCUT2D eigenvalue weighted by Gasteiger charge is -2.23. The summed E-state index contributed by atoms with van der Waals surface area (Å²) >= 11 is 0. The van der Waals surface area contributed by atoms with Crippen LogP contribution in [0.1, 0.15) is 54.4 Å². The number of ether oxygens (including phenoxy) is 3. The number of methoxy groups -OCH3 is 1. The van der Waals surface area contributed by atoms with Crippen molar-refractivity contribution >= 4 is 12.2 Å². The molecule has 2 N–H and O–H groups in total. The zero-order chi connectivity index (χ0) is 18.1. The van der Waals surface area contributed by atoms with Gasteiger partial charge in [-0.2, -0.15) is 0 Å². The molecule has 1 atom stereocenters. The van der Waals surface area contributed by atoms with E-state index in [9.17, 15) is 9.59 Å². The normalized spacial score (nSPS) is 13.2. The van der Waals surface area contributed by atoms with Crippen molar-refractivity contribution in [3.63, 3.8) is 0 Å². The van der Waals surface area contributed by atoms with Gasteiger partial charge < -0.3 is 24.8 Å². The molecule has 0 aromatic carbocycles. The second-order valence-corrected chi connectivity index (χ2v) is 7.37. The summed E-state index contributed by atoms with van der Waals surface area (Å²) in [7, 11) is 1.57. The van der Waals surface area contributed by atoms with E-state index in [1.165, 1.54) is 0 Å². The fraction of sp³-hybridized carbons (Fsp3) is 0.875. The van der Waals surface area contributed by atoms with Gasteiger partial charge >= 0.3 is 12.2 Å². The summed E-state index contributed by atoms with van der Waals surface area (Å²) in [6.45, 7) is 11.7. The number of amides is 2. The summed E-state index contributed by atoms with van der Waals surface area (Å²) in [6, 6.07) is -0.171. The van der Waals surface area contributed by atoms with Crippen molar-refractivity contribution in [1.82, 2.24) is 10.6 Å². The van der Waals surface area contributed by atoms with Crippen LogP contribution < -0.4 is 10.6 Å². The van der Waals surface area contributed by atoms with Gasteiger partial charge in [0, 0.05) is 13.7 Å². The highest BCUT2D eigenvalue weighted by molar-refractivity contribution is 5.68. The van der Waals surface area contributed by atoms with E-state index in [-0.39, 0.29) is 6.04 Å². The number of carbonyl (C=O) groups excluding carboxylic acids is 2. The Labute approximate surface area is 139 Å². The molecule has 0 saturated carbocycles. The van der Waals surface area contributed by atoms with Gasteiger partial charge in [-0.05, 0) is 54.4 Å². The first-order valence-corrected chi connectivity index (χ1v) is 7.88. The molecule has 0 radical (unpaired) electrons. The number of hydrogen-bond donors (Lipinski definition) is 2. The van der Waals surface area contributed by atoms with E-state index in [4.69, 9.17) is 14.2 Å². The van der Waals surface area contributed by atoms with Gasteiger partial charge in [-0.1, -0.05) is 0 Å². The number of rotatable bonds is 7. The van der Waals surface area contributed by atoms with E-state index >= 15 is 0 Å². The third kappa shape index (κ3) is 13.9. The maximum Gasteiger partial charge on any atom is 0.407 e. The zero-order valence-electron chi connectivity index (χ0n) is 15.4. The largest absolute Gasteiger partial charge is 0.444 e. The minimum atomic E-state index is -0.542. The van der Waals surface area contributed by atoms with Crippen molar-refractivity contribution in [2.75, 3.05) is 20.3 Å². The van der Waals surface area contributed by atoms with E-state index in [2.05, 4.69) is 10.6 Å². The van der Waals surface area contributed by atoms with Gasteiger partial charge in [0.1, 0.15) is 11.2 Å². The average molecular weight is 332 g/mol. The van der Waals surface area contributed by atoms with Crippen LogP contribution in [-0.2, 0) is 14.2 Å². The van der Waals surface area contributed by atoms with Crippen LogP contribution in [0.3, 0.4) is 0 Å². The molecule has 7 nitrogen and oxygen atoms in total. The predicted molar refractivity (Wildman–Crippen MR) is 88.5 cm³/mol. The molecule has 0 aromatic rings. The Balaban J connectivity index is 4.10. The summed E-state index contributed by atoms with van der Waals surface area (Å²) in [6.07, 6.45) is 0.423. The summed E-state index contributed by atoms with van der Waals surface area (Å²) in [5.41, 5.74) is -1.05. The smallest absolute Gasteiger partial charge is 0.407 e. The van der Waals surface area contributed by atoms with E-state index in [1.54, 1.807) is 7.11 Å². The maximum atomic E-state index is 11.8. The van der Waals surface area contributed by atoms with Crippen LogP contribution in [0.4, 0.5) is 9.59 Å². The maximum absolute atomic E-state index is 11.8. The Kier molecular flexibility index (Phi) is 8.97. The van der Waals surface area contributed by atoms with Crippen LogP contribution in [0.5, 0.6) is 0 Å². The van der Waals surface area contributed by atoms with Crippen LogP contribution in [-0.4, -0.2) is 49.7 Å². The molecule has 0 rings (SSSR count). The van der Waals surface area contributed by atoms with Gasteiger partial charge in [0.2, 0.25) is 0 Å². The first-order chi connectivity index (χ1) is 10.4. The molecule has 0 aliphatic carbocycles. The van der Waals surface area contributed by atoms with Crippen molar-refractivity contribution in [3.05, 3.63) is 0 Å². The quantitative estimate of drug-likeness (QED) is 0.700. The predicted octanol–water partition coefficient (Wildman–Crippen LogP) is 2.83. The number of hydrogen-bond acceptors (Lipinski definition) is 5. The average Bonchev–Trinajstić information content (AvgIpc) is 2.30. The first-order valence-electron chi connectivity index (χ1n) is 7.88. The monoisotopic (exact) mass is 332 g/mol. The van der Waals surface area contributed by atoms with Gasteiger partial charge in [0.15, 0.2) is 0 Å². The Morgan fingerprint density at radius 1 is 0.957 bits per heavy atom. The molecular weight excluding hydrogens is 300 g/mol. The number of nitrogens with one attached hydrogen (secondary N) is 2. The van der Waals surface area contributed by atoms with Crippen LogP contribution in [0, 0.1) is 0 Å². The topological polar surface area (TPSA) is 85.9 Å². The number of alkyl carbamates (subject to hydrolysis) is 2. The highest BCUT2D eigenvalue weighted by atomic mass is 16.6. The molecule has 0 bridgehead atoms. The van der Waals surface area contributed by atoms with Crippen molar-refractivity contribution in [3.8, 4) is 0 Å². The van der Waals surface area contributed by atoms with Crippen molar-refractivity contribution in [1.29, 1.82) is 0 Å². The molecular formula is C16H32N2O5. The molecule has 0 spiro atoms. The Hall–Kier alpha value is -1.50. The second kappa shape index (κ2) is 9.60. The third-order valence-corrected chi connectivity index (χ3v) is 2.49. The molecule has 0 heterocycles. The molecule has 7 heteroatoms. The SMILES string of the molecule is COC[C@H](CCCNC(=O)OC(C)(C)C)NC(=O)OC(C)(C)C. The fourth-order valence-corrected chi connectivity index (χ4v) is 1.73. The van der Waals surface area contributed by atoms with Crippen LogP contribution in [0.25, 0.3) is 0 Å². The molecule has 0 unspecified atom stereocenters. The Morgan fingerprint density at radius 3 is 1.96 bits per heavy atom. The van der Waals surface area contributed by atoms with Crippen LogP contribution in [0.2, 0.25) is 0 Å². The minimum Gasteiger partial charge on any atom is -0.444 e. The molecule has 0 aliphatic heterocycles. The van der Waals surface area contributed by atoms with Gasteiger partial charge in [0.25, 0.3) is 0 Å². The molecule has 23 heavy (non-hydrogen) atoms. The van der Waals surface area contributed by atoms with Crippen LogP contribution >= 0.6 is 0 Å². The van der Waals surface area contributed by atoms with Gasteiger partial charge in [-0.3, -0.25) is 0 Å². The lowest BCUT2D eigenvalue weighted by molar-refractivity contribution is 0.0455. The van der Waals surface area contributed by atoms with Crippen molar-refractivity contribution in [2.45, 2.75) is 71.6 Å². The standard InChI is InChI=1S/C16H32N2O5/c1-15(2,3)22-13(19)17-10-8-9-12(11-21-7)18-14(20)23-16(4,5)6/h12H,8-11H2,1-7H3,(H,17,19)(H,18,20)/t12-/m0/s1.